The number of nitrogens with two attached hydrogens (primary N) is 1. The number of hydrogen-bond acceptors (Lipinski definition) is 6. The van der Waals surface area contributed by atoms with Gasteiger partial charge in [-0.3, -0.25) is 4.79 Å². The molecule has 1 aliphatic rings. The van der Waals surface area contributed by atoms with E-state index in [1.54, 1.807) is 7.05 Å². The van der Waals surface area contributed by atoms with Crippen LogP contribution in [0.5, 0.6) is 0 Å². The fourth-order valence-corrected chi connectivity index (χ4v) is 3.69. The third-order valence-corrected chi connectivity index (χ3v) is 4.73. The van der Waals surface area contributed by atoms with Crippen LogP contribution < -0.4 is 16.4 Å². The van der Waals surface area contributed by atoms with Gasteiger partial charge >= 0.3 is 0 Å². The Bertz CT molecular complexity index is 556. The molecule has 0 saturated carbocycles. The van der Waals surface area contributed by atoms with Crippen molar-refractivity contribution in [2.24, 2.45) is 0 Å². The highest BCUT2D eigenvalue weighted by molar-refractivity contribution is 7.18. The van der Waals surface area contributed by atoms with E-state index in [0.29, 0.717) is 15.4 Å². The van der Waals surface area contributed by atoms with E-state index in [9.17, 15) is 10.1 Å². The minimum absolute atomic E-state index is 0.200. The molecule has 7 heteroatoms. The van der Waals surface area contributed by atoms with Crippen molar-refractivity contribution in [2.75, 3.05) is 37.7 Å². The van der Waals surface area contributed by atoms with Crippen molar-refractivity contribution in [1.82, 2.24) is 10.2 Å². The highest BCUT2D eigenvalue weighted by Gasteiger charge is 2.22. The number of nitrogen functional groups attached to an aromatic ring is 1. The molecule has 1 unspecified atom stereocenters. The molecule has 2 rings (SSSR count). The van der Waals surface area contributed by atoms with Gasteiger partial charge in [-0.15, -0.1) is 11.3 Å². The summed E-state index contributed by atoms with van der Waals surface area (Å²) >= 11 is 1.24. The second-order valence-electron chi connectivity index (χ2n) is 5.29. The van der Waals surface area contributed by atoms with Crippen LogP contribution in [0, 0.1) is 11.3 Å². The Hall–Kier alpha value is -1.78. The standard InChI is InChI=1S/C14H21N5OS/c1-9(8-19-5-3-4-6-19)18-14-10(7-15)11(16)12(21-14)13(20)17-2/h9,18H,3-6,8,16H2,1-2H3,(H,17,20). The van der Waals surface area contributed by atoms with Crippen molar-refractivity contribution in [3.05, 3.63) is 10.4 Å². The zero-order valence-electron chi connectivity index (χ0n) is 12.4. The molecule has 114 valence electrons. The molecule has 1 amide bonds. The van der Waals surface area contributed by atoms with Crippen molar-refractivity contribution < 1.29 is 4.79 Å². The molecule has 6 nitrogen and oxygen atoms in total. The lowest BCUT2D eigenvalue weighted by Crippen LogP contribution is -2.32. The van der Waals surface area contributed by atoms with Crippen LogP contribution in [0.3, 0.4) is 0 Å². The average molecular weight is 307 g/mol. The van der Waals surface area contributed by atoms with Crippen LogP contribution >= 0.6 is 11.3 Å². The van der Waals surface area contributed by atoms with Gasteiger partial charge in [-0.25, -0.2) is 0 Å². The van der Waals surface area contributed by atoms with Crippen molar-refractivity contribution in [2.45, 2.75) is 25.8 Å². The van der Waals surface area contributed by atoms with Gasteiger partial charge in [0.15, 0.2) is 0 Å². The quantitative estimate of drug-likeness (QED) is 0.765. The molecule has 1 fully saturated rings. The largest absolute Gasteiger partial charge is 0.396 e. The smallest absolute Gasteiger partial charge is 0.263 e. The highest BCUT2D eigenvalue weighted by atomic mass is 32.1. The second-order valence-corrected chi connectivity index (χ2v) is 6.31. The van der Waals surface area contributed by atoms with E-state index < -0.39 is 0 Å². The van der Waals surface area contributed by atoms with Crippen LogP contribution in [0.15, 0.2) is 0 Å². The van der Waals surface area contributed by atoms with Crippen LogP contribution in [-0.2, 0) is 0 Å². The van der Waals surface area contributed by atoms with E-state index in [0.717, 1.165) is 19.6 Å². The molecule has 0 bridgehead atoms. The number of anilines is 2. The first kappa shape index (κ1) is 15.6. The number of hydrogen-bond donors (Lipinski definition) is 3. The lowest BCUT2D eigenvalue weighted by atomic mass is 10.2. The lowest BCUT2D eigenvalue weighted by molar-refractivity contribution is 0.0968. The topological polar surface area (TPSA) is 94.2 Å². The number of rotatable bonds is 5. The first-order valence-corrected chi connectivity index (χ1v) is 7.91. The molecule has 21 heavy (non-hydrogen) atoms. The predicted molar refractivity (Wildman–Crippen MR) is 85.6 cm³/mol. The van der Waals surface area contributed by atoms with Gasteiger partial charge in [0.05, 0.1) is 5.69 Å². The Morgan fingerprint density at radius 1 is 1.52 bits per heavy atom. The van der Waals surface area contributed by atoms with E-state index in [1.807, 2.05) is 0 Å². The van der Waals surface area contributed by atoms with Crippen LogP contribution in [-0.4, -0.2) is 43.5 Å². The molecule has 1 aliphatic heterocycles. The number of carbonyl (C=O) groups is 1. The maximum Gasteiger partial charge on any atom is 0.263 e. The molecule has 0 radical (unpaired) electrons. The Labute approximate surface area is 128 Å². The number of likely N-dealkylation sites (tertiary alicyclic amines) is 1. The zero-order chi connectivity index (χ0) is 15.4. The lowest BCUT2D eigenvalue weighted by Gasteiger charge is -2.21. The number of amides is 1. The van der Waals surface area contributed by atoms with Gasteiger partial charge in [-0.05, 0) is 32.9 Å². The van der Waals surface area contributed by atoms with Gasteiger partial charge in [0.2, 0.25) is 0 Å². The molecule has 1 aromatic heterocycles. The van der Waals surface area contributed by atoms with Crippen molar-refractivity contribution in [1.29, 1.82) is 5.26 Å². The second kappa shape index (κ2) is 6.78. The average Bonchev–Trinajstić information content (AvgIpc) is 3.06. The molecule has 0 aromatic carbocycles. The van der Waals surface area contributed by atoms with Crippen LogP contribution in [0.25, 0.3) is 0 Å². The molecule has 0 aliphatic carbocycles. The van der Waals surface area contributed by atoms with Gasteiger partial charge in [0.25, 0.3) is 5.91 Å². The zero-order valence-corrected chi connectivity index (χ0v) is 13.2. The van der Waals surface area contributed by atoms with Crippen molar-refractivity contribution in [3.63, 3.8) is 0 Å². The van der Waals surface area contributed by atoms with Crippen molar-refractivity contribution in [3.8, 4) is 6.07 Å². The van der Waals surface area contributed by atoms with Gasteiger partial charge in [0.1, 0.15) is 21.5 Å². The third kappa shape index (κ3) is 3.46. The van der Waals surface area contributed by atoms with Crippen LogP contribution in [0.2, 0.25) is 0 Å². The fourth-order valence-electron chi connectivity index (χ4n) is 2.56. The first-order valence-electron chi connectivity index (χ1n) is 7.10. The molecule has 1 aromatic rings. The summed E-state index contributed by atoms with van der Waals surface area (Å²) in [4.78, 5) is 14.6. The van der Waals surface area contributed by atoms with E-state index >= 15 is 0 Å². The SMILES string of the molecule is CNC(=O)c1sc(NC(C)CN2CCCC2)c(C#N)c1N. The summed E-state index contributed by atoms with van der Waals surface area (Å²) in [6, 6.07) is 2.29. The van der Waals surface area contributed by atoms with Gasteiger partial charge in [-0.1, -0.05) is 0 Å². The van der Waals surface area contributed by atoms with E-state index in [-0.39, 0.29) is 17.6 Å². The predicted octanol–water partition coefficient (Wildman–Crippen LogP) is 1.46. The first-order chi connectivity index (χ1) is 10.1. The summed E-state index contributed by atoms with van der Waals surface area (Å²) in [5.41, 5.74) is 6.54. The molecule has 2 heterocycles. The molecule has 0 spiro atoms. The molecular weight excluding hydrogens is 286 g/mol. The van der Waals surface area contributed by atoms with Gasteiger partial charge in [0, 0.05) is 19.6 Å². The van der Waals surface area contributed by atoms with Crippen LogP contribution in [0.1, 0.15) is 35.0 Å². The van der Waals surface area contributed by atoms with E-state index in [4.69, 9.17) is 5.73 Å². The van der Waals surface area contributed by atoms with E-state index in [1.165, 1.54) is 24.2 Å². The summed E-state index contributed by atoms with van der Waals surface area (Å²) in [6.45, 7) is 5.27. The minimum Gasteiger partial charge on any atom is -0.396 e. The molecule has 4 N–H and O–H groups in total. The number of carbonyl (C=O) groups excluding carboxylic acids is 1. The van der Waals surface area contributed by atoms with Gasteiger partial charge < -0.3 is 21.3 Å². The Morgan fingerprint density at radius 3 is 2.76 bits per heavy atom. The summed E-state index contributed by atoms with van der Waals surface area (Å²) in [6.07, 6.45) is 2.51. The monoisotopic (exact) mass is 307 g/mol. The fraction of sp³-hybridized carbons (Fsp3) is 0.571. The van der Waals surface area contributed by atoms with Crippen LogP contribution in [0.4, 0.5) is 10.7 Å². The van der Waals surface area contributed by atoms with E-state index in [2.05, 4.69) is 28.5 Å². The molecular formula is C14H21N5OS. The highest BCUT2D eigenvalue weighted by Crippen LogP contribution is 2.35. The number of thiophene rings is 1. The number of nitrogens with zero attached hydrogens (tertiary/aromatic N) is 2. The minimum atomic E-state index is -0.255. The van der Waals surface area contributed by atoms with Crippen molar-refractivity contribution >= 4 is 27.9 Å². The Morgan fingerprint density at radius 2 is 2.19 bits per heavy atom. The Balaban J connectivity index is 2.11. The summed E-state index contributed by atoms with van der Waals surface area (Å²) in [7, 11) is 1.55. The maximum absolute atomic E-state index is 11.8. The summed E-state index contributed by atoms with van der Waals surface area (Å²) < 4.78 is 0. The number of nitrogens with one attached hydrogen (secondary N) is 2. The van der Waals surface area contributed by atoms with Gasteiger partial charge in [-0.2, -0.15) is 5.26 Å². The summed E-state index contributed by atoms with van der Waals surface area (Å²) in [5, 5.41) is 15.8. The summed E-state index contributed by atoms with van der Waals surface area (Å²) in [5.74, 6) is -0.255. The Kier molecular flexibility index (Phi) is 5.04. The maximum atomic E-state index is 11.8. The third-order valence-electron chi connectivity index (χ3n) is 3.60. The molecule has 1 saturated heterocycles. The number of nitriles is 1. The normalized spacial score (nSPS) is 16.4. The molecule has 1 atom stereocenters.